The van der Waals surface area contributed by atoms with Crippen LogP contribution >= 0.6 is 27.7 Å². The minimum absolute atomic E-state index is 0.119. The van der Waals surface area contributed by atoms with Crippen molar-refractivity contribution in [3.8, 4) is 6.07 Å². The molecule has 114 valence electrons. The lowest BCUT2D eigenvalue weighted by Crippen LogP contribution is -2.14. The van der Waals surface area contributed by atoms with Crippen molar-refractivity contribution in [3.63, 3.8) is 0 Å². The van der Waals surface area contributed by atoms with Gasteiger partial charge in [0.25, 0.3) is 0 Å². The van der Waals surface area contributed by atoms with E-state index in [0.717, 1.165) is 21.8 Å². The second-order valence-corrected chi connectivity index (χ2v) is 6.00. The predicted octanol–water partition coefficient (Wildman–Crippen LogP) is 4.00. The normalized spacial score (nSPS) is 11.2. The maximum atomic E-state index is 12.9. The molecule has 0 aliphatic rings. The number of benzene rings is 1. The lowest BCUT2D eigenvalue weighted by molar-refractivity contribution is -0.141. The number of hydrogen-bond donors (Lipinski definition) is 1. The monoisotopic (exact) mass is 388 g/mol. The van der Waals surface area contributed by atoms with Crippen molar-refractivity contribution in [2.75, 3.05) is 5.73 Å². The minimum atomic E-state index is -4.75. The maximum absolute atomic E-state index is 12.9. The molecule has 0 atom stereocenters. The van der Waals surface area contributed by atoms with Crippen LogP contribution in [0.15, 0.2) is 33.9 Å². The SMILES string of the molecule is N#Cc1c(N)nc(SCc2ccc(Br)cc2)nc1C(F)(F)F. The van der Waals surface area contributed by atoms with E-state index in [-0.39, 0.29) is 5.16 Å². The van der Waals surface area contributed by atoms with Gasteiger partial charge >= 0.3 is 6.18 Å². The molecule has 0 fully saturated rings. The maximum Gasteiger partial charge on any atom is 0.434 e. The Hall–Kier alpha value is -1.79. The highest BCUT2D eigenvalue weighted by molar-refractivity contribution is 9.10. The molecule has 0 radical (unpaired) electrons. The van der Waals surface area contributed by atoms with Crippen LogP contribution in [0.4, 0.5) is 19.0 Å². The molecule has 0 bridgehead atoms. The van der Waals surface area contributed by atoms with Gasteiger partial charge in [-0.15, -0.1) is 0 Å². The van der Waals surface area contributed by atoms with Gasteiger partial charge in [-0.25, -0.2) is 9.97 Å². The fourth-order valence-electron chi connectivity index (χ4n) is 1.57. The molecule has 1 heterocycles. The molecule has 1 aromatic carbocycles. The largest absolute Gasteiger partial charge is 0.434 e. The number of halogens is 4. The van der Waals surface area contributed by atoms with Crippen molar-refractivity contribution >= 4 is 33.5 Å². The topological polar surface area (TPSA) is 75.6 Å². The molecular formula is C13H8BrF3N4S. The summed E-state index contributed by atoms with van der Waals surface area (Å²) in [6.07, 6.45) is -4.75. The molecule has 0 saturated carbocycles. The van der Waals surface area contributed by atoms with Crippen LogP contribution < -0.4 is 5.73 Å². The van der Waals surface area contributed by atoms with Crippen molar-refractivity contribution in [3.05, 3.63) is 45.6 Å². The van der Waals surface area contributed by atoms with Gasteiger partial charge in [0.2, 0.25) is 0 Å². The smallest absolute Gasteiger partial charge is 0.382 e. The fraction of sp³-hybridized carbons (Fsp3) is 0.154. The van der Waals surface area contributed by atoms with E-state index in [1.54, 1.807) is 0 Å². The van der Waals surface area contributed by atoms with Gasteiger partial charge in [0.05, 0.1) is 0 Å². The minimum Gasteiger partial charge on any atom is -0.382 e. The number of nitrogens with zero attached hydrogens (tertiary/aromatic N) is 3. The number of nitriles is 1. The van der Waals surface area contributed by atoms with Gasteiger partial charge in [-0.1, -0.05) is 39.8 Å². The van der Waals surface area contributed by atoms with Crippen LogP contribution in [-0.4, -0.2) is 9.97 Å². The zero-order valence-corrected chi connectivity index (χ0v) is 13.3. The van der Waals surface area contributed by atoms with Crippen LogP contribution in [0.1, 0.15) is 16.8 Å². The Bertz CT molecular complexity index is 726. The van der Waals surface area contributed by atoms with E-state index in [2.05, 4.69) is 25.9 Å². The van der Waals surface area contributed by atoms with Crippen LogP contribution in [-0.2, 0) is 11.9 Å². The van der Waals surface area contributed by atoms with Crippen molar-refractivity contribution in [2.24, 2.45) is 0 Å². The van der Waals surface area contributed by atoms with E-state index < -0.39 is 23.3 Å². The summed E-state index contributed by atoms with van der Waals surface area (Å²) in [5, 5.41) is 8.65. The van der Waals surface area contributed by atoms with Gasteiger partial charge in [-0.2, -0.15) is 18.4 Å². The highest BCUT2D eigenvalue weighted by Crippen LogP contribution is 2.33. The van der Waals surface area contributed by atoms with E-state index in [0.29, 0.717) is 5.75 Å². The summed E-state index contributed by atoms with van der Waals surface area (Å²) >= 11 is 4.31. The average Bonchev–Trinajstić information content (AvgIpc) is 2.45. The van der Waals surface area contributed by atoms with Gasteiger partial charge in [0.1, 0.15) is 17.5 Å². The Balaban J connectivity index is 2.27. The van der Waals surface area contributed by atoms with Gasteiger partial charge in [0.15, 0.2) is 10.9 Å². The molecule has 2 rings (SSSR count). The number of thioether (sulfide) groups is 1. The molecule has 1 aromatic heterocycles. The second kappa shape index (κ2) is 6.54. The fourth-order valence-corrected chi connectivity index (χ4v) is 2.64. The number of aromatic nitrogens is 2. The van der Waals surface area contributed by atoms with E-state index in [1.807, 2.05) is 24.3 Å². The van der Waals surface area contributed by atoms with Crippen LogP contribution in [0, 0.1) is 11.3 Å². The van der Waals surface area contributed by atoms with Crippen molar-refractivity contribution in [1.29, 1.82) is 5.26 Å². The summed E-state index contributed by atoms with van der Waals surface area (Å²) in [6, 6.07) is 8.70. The third kappa shape index (κ3) is 3.90. The lowest BCUT2D eigenvalue weighted by atomic mass is 10.2. The predicted molar refractivity (Wildman–Crippen MR) is 79.9 cm³/mol. The molecule has 22 heavy (non-hydrogen) atoms. The van der Waals surface area contributed by atoms with Crippen LogP contribution in [0.3, 0.4) is 0 Å². The molecule has 9 heteroatoms. The zero-order chi connectivity index (χ0) is 16.3. The zero-order valence-electron chi connectivity index (χ0n) is 10.9. The Morgan fingerprint density at radius 2 is 1.86 bits per heavy atom. The van der Waals surface area contributed by atoms with Gasteiger partial charge < -0.3 is 5.73 Å². The summed E-state index contributed by atoms with van der Waals surface area (Å²) in [5.74, 6) is -0.0845. The van der Waals surface area contributed by atoms with Crippen LogP contribution in [0.5, 0.6) is 0 Å². The molecule has 0 amide bonds. The van der Waals surface area contributed by atoms with E-state index in [1.165, 1.54) is 6.07 Å². The van der Waals surface area contributed by atoms with E-state index in [4.69, 9.17) is 11.0 Å². The van der Waals surface area contributed by atoms with Crippen molar-refractivity contribution in [1.82, 2.24) is 9.97 Å². The second-order valence-electron chi connectivity index (χ2n) is 4.14. The van der Waals surface area contributed by atoms with Crippen LogP contribution in [0.25, 0.3) is 0 Å². The molecule has 0 spiro atoms. The Morgan fingerprint density at radius 1 is 1.23 bits per heavy atom. The standard InChI is InChI=1S/C13H8BrF3N4S/c14-8-3-1-7(2-4-8)6-22-12-20-10(13(15,16)17)9(5-18)11(19)21-12/h1-4H,6H2,(H2,19,20,21). The van der Waals surface area contributed by atoms with Gasteiger partial charge in [0, 0.05) is 10.2 Å². The molecule has 0 saturated heterocycles. The number of rotatable bonds is 3. The molecule has 4 nitrogen and oxygen atoms in total. The summed E-state index contributed by atoms with van der Waals surface area (Å²) in [5.41, 5.74) is 4.27. The summed E-state index contributed by atoms with van der Waals surface area (Å²) in [4.78, 5) is 7.17. The van der Waals surface area contributed by atoms with Crippen LogP contribution in [0.2, 0.25) is 0 Å². The Morgan fingerprint density at radius 3 is 2.41 bits per heavy atom. The average molecular weight is 389 g/mol. The molecule has 0 unspecified atom stereocenters. The van der Waals surface area contributed by atoms with E-state index in [9.17, 15) is 13.2 Å². The molecule has 2 N–H and O–H groups in total. The molecule has 0 aliphatic heterocycles. The number of nitrogen functional groups attached to an aromatic ring is 1. The highest BCUT2D eigenvalue weighted by Gasteiger charge is 2.37. The number of hydrogen-bond acceptors (Lipinski definition) is 5. The summed E-state index contributed by atoms with van der Waals surface area (Å²) in [7, 11) is 0. The number of anilines is 1. The van der Waals surface area contributed by atoms with E-state index >= 15 is 0 Å². The van der Waals surface area contributed by atoms with Crippen molar-refractivity contribution < 1.29 is 13.2 Å². The summed E-state index contributed by atoms with van der Waals surface area (Å²) in [6.45, 7) is 0. The Kier molecular flexibility index (Phi) is 4.93. The summed E-state index contributed by atoms with van der Waals surface area (Å²) < 4.78 is 39.6. The third-order valence-corrected chi connectivity index (χ3v) is 4.03. The number of alkyl halides is 3. The first-order chi connectivity index (χ1) is 10.3. The van der Waals surface area contributed by atoms with Gasteiger partial charge in [-0.05, 0) is 17.7 Å². The number of nitrogens with two attached hydrogens (primary N) is 1. The molecule has 0 aliphatic carbocycles. The third-order valence-electron chi connectivity index (χ3n) is 2.58. The molecular weight excluding hydrogens is 381 g/mol. The first kappa shape index (κ1) is 16.6. The first-order valence-corrected chi connectivity index (χ1v) is 7.61. The van der Waals surface area contributed by atoms with Crippen molar-refractivity contribution in [2.45, 2.75) is 17.1 Å². The Labute approximate surface area is 136 Å². The first-order valence-electron chi connectivity index (χ1n) is 5.83. The highest BCUT2D eigenvalue weighted by atomic mass is 79.9. The van der Waals surface area contributed by atoms with Gasteiger partial charge in [-0.3, -0.25) is 0 Å². The lowest BCUT2D eigenvalue weighted by Gasteiger charge is -2.10. The quantitative estimate of drug-likeness (QED) is 0.634. The molecule has 2 aromatic rings.